The molecule has 1 aromatic carbocycles. The van der Waals surface area contributed by atoms with Crippen molar-refractivity contribution in [2.24, 2.45) is 5.92 Å². The highest BCUT2D eigenvalue weighted by molar-refractivity contribution is 7.89. The Balaban J connectivity index is 1.51. The van der Waals surface area contributed by atoms with Gasteiger partial charge in [-0.15, -0.1) is 11.3 Å². The van der Waals surface area contributed by atoms with Gasteiger partial charge in [0.2, 0.25) is 10.0 Å². The van der Waals surface area contributed by atoms with Crippen LogP contribution in [0.2, 0.25) is 0 Å². The first kappa shape index (κ1) is 21.3. The van der Waals surface area contributed by atoms with E-state index in [4.69, 9.17) is 0 Å². The summed E-state index contributed by atoms with van der Waals surface area (Å²) in [5.41, 5.74) is 2.13. The second-order valence-corrected chi connectivity index (χ2v) is 11.1. The molecule has 1 aliphatic carbocycles. The molecule has 2 heterocycles. The van der Waals surface area contributed by atoms with Crippen molar-refractivity contribution in [3.05, 3.63) is 46.8 Å². The molecule has 1 aromatic heterocycles. The van der Waals surface area contributed by atoms with Crippen LogP contribution < -0.4 is 0 Å². The Kier molecular flexibility index (Phi) is 6.14. The Morgan fingerprint density at radius 2 is 1.93 bits per heavy atom. The van der Waals surface area contributed by atoms with Crippen LogP contribution in [0.5, 0.6) is 0 Å². The summed E-state index contributed by atoms with van der Waals surface area (Å²) < 4.78 is 26.9. The molecule has 0 radical (unpaired) electrons. The molecule has 160 valence electrons. The third kappa shape index (κ3) is 4.11. The number of carbonyl (C=O) groups is 1. The topological polar surface area (TPSA) is 74.7 Å². The SMILES string of the molecule is CCC(C(=O)O)N1Cc2sc(-c3ccc(C=CC4CCCCC4)cc3)cc2S1(=O)=O. The van der Waals surface area contributed by atoms with Crippen LogP contribution in [0.4, 0.5) is 0 Å². The lowest BCUT2D eigenvalue weighted by Gasteiger charge is -2.21. The molecule has 0 bridgehead atoms. The van der Waals surface area contributed by atoms with Crippen LogP contribution in [0.25, 0.3) is 16.5 Å². The van der Waals surface area contributed by atoms with Crippen molar-refractivity contribution >= 4 is 33.4 Å². The summed E-state index contributed by atoms with van der Waals surface area (Å²) >= 11 is 1.43. The number of nitrogens with zero attached hydrogens (tertiary/aromatic N) is 1. The largest absolute Gasteiger partial charge is 0.480 e. The fraction of sp³-hybridized carbons (Fsp3) is 0.435. The summed E-state index contributed by atoms with van der Waals surface area (Å²) in [6, 6.07) is 8.86. The van der Waals surface area contributed by atoms with Crippen LogP contribution in [-0.2, 0) is 21.4 Å². The Bertz CT molecular complexity index is 1050. The monoisotopic (exact) mass is 445 g/mol. The second-order valence-electron chi connectivity index (χ2n) is 8.09. The van der Waals surface area contributed by atoms with Gasteiger partial charge >= 0.3 is 5.97 Å². The second kappa shape index (κ2) is 8.65. The molecule has 2 aliphatic rings. The zero-order valence-electron chi connectivity index (χ0n) is 17.1. The number of hydrogen-bond acceptors (Lipinski definition) is 4. The highest BCUT2D eigenvalue weighted by Gasteiger charge is 2.42. The number of aliphatic carboxylic acids is 1. The van der Waals surface area contributed by atoms with E-state index in [0.717, 1.165) is 20.3 Å². The fourth-order valence-electron chi connectivity index (χ4n) is 4.35. The van der Waals surface area contributed by atoms with Gasteiger partial charge in [-0.1, -0.05) is 62.6 Å². The van der Waals surface area contributed by atoms with E-state index in [-0.39, 0.29) is 17.9 Å². The van der Waals surface area contributed by atoms with Crippen molar-refractivity contribution in [3.63, 3.8) is 0 Å². The third-order valence-electron chi connectivity index (χ3n) is 6.08. The van der Waals surface area contributed by atoms with Gasteiger partial charge in [-0.05, 0) is 42.4 Å². The minimum Gasteiger partial charge on any atom is -0.480 e. The molecular weight excluding hydrogens is 418 g/mol. The van der Waals surface area contributed by atoms with E-state index >= 15 is 0 Å². The molecule has 4 rings (SSSR count). The molecule has 30 heavy (non-hydrogen) atoms. The summed E-state index contributed by atoms with van der Waals surface area (Å²) in [4.78, 5) is 13.3. The molecule has 2 aromatic rings. The van der Waals surface area contributed by atoms with Crippen LogP contribution in [0, 0.1) is 5.92 Å². The lowest BCUT2D eigenvalue weighted by Crippen LogP contribution is -2.40. The molecule has 1 N–H and O–H groups in total. The zero-order valence-corrected chi connectivity index (χ0v) is 18.7. The first-order chi connectivity index (χ1) is 14.4. The molecule has 1 aliphatic heterocycles. The summed E-state index contributed by atoms with van der Waals surface area (Å²) in [7, 11) is -3.77. The smallest absolute Gasteiger partial charge is 0.322 e. The van der Waals surface area contributed by atoms with E-state index in [2.05, 4.69) is 24.3 Å². The fourth-order valence-corrected chi connectivity index (χ4v) is 7.75. The van der Waals surface area contributed by atoms with Crippen molar-refractivity contribution in [1.82, 2.24) is 4.31 Å². The highest BCUT2D eigenvalue weighted by atomic mass is 32.2. The average molecular weight is 446 g/mol. The van der Waals surface area contributed by atoms with E-state index in [9.17, 15) is 18.3 Å². The molecule has 1 fully saturated rings. The van der Waals surface area contributed by atoms with Gasteiger partial charge in [0, 0.05) is 9.75 Å². The van der Waals surface area contributed by atoms with Gasteiger partial charge in [0.25, 0.3) is 0 Å². The molecule has 1 unspecified atom stereocenters. The van der Waals surface area contributed by atoms with Crippen LogP contribution in [-0.4, -0.2) is 29.8 Å². The third-order valence-corrected chi connectivity index (χ3v) is 9.30. The Morgan fingerprint density at radius 3 is 2.53 bits per heavy atom. The molecule has 0 amide bonds. The molecular formula is C23H27NO4S2. The normalized spacial score (nSPS) is 20.4. The van der Waals surface area contributed by atoms with Crippen molar-refractivity contribution in [1.29, 1.82) is 0 Å². The maximum atomic E-state index is 12.9. The van der Waals surface area contributed by atoms with Crippen molar-refractivity contribution in [3.8, 4) is 10.4 Å². The van der Waals surface area contributed by atoms with E-state index < -0.39 is 22.0 Å². The minimum atomic E-state index is -3.77. The number of benzene rings is 1. The standard InChI is InChI=1S/C23H27NO4S2/c1-2-19(23(25)26)24-15-21-22(30(24,27)28)14-20(29-21)18-12-10-17(11-13-18)9-8-16-6-4-3-5-7-16/h8-14,16,19H,2-7,15H2,1H3,(H,25,26). The van der Waals surface area contributed by atoms with Crippen LogP contribution >= 0.6 is 11.3 Å². The Hall–Kier alpha value is -1.96. The summed E-state index contributed by atoms with van der Waals surface area (Å²) in [5, 5.41) is 9.36. The van der Waals surface area contributed by atoms with Crippen molar-refractivity contribution < 1.29 is 18.3 Å². The summed E-state index contributed by atoms with van der Waals surface area (Å²) in [6.07, 6.45) is 11.3. The van der Waals surface area contributed by atoms with Gasteiger partial charge < -0.3 is 5.11 Å². The number of carboxylic acids is 1. The van der Waals surface area contributed by atoms with Crippen LogP contribution in [0.1, 0.15) is 55.9 Å². The van der Waals surface area contributed by atoms with Crippen molar-refractivity contribution in [2.75, 3.05) is 0 Å². The van der Waals surface area contributed by atoms with E-state index in [0.29, 0.717) is 10.8 Å². The van der Waals surface area contributed by atoms with Gasteiger partial charge in [-0.3, -0.25) is 4.79 Å². The maximum absolute atomic E-state index is 12.9. The lowest BCUT2D eigenvalue weighted by molar-refractivity contribution is -0.141. The van der Waals surface area contributed by atoms with Gasteiger partial charge in [-0.2, -0.15) is 4.31 Å². The molecule has 1 atom stereocenters. The minimum absolute atomic E-state index is 0.134. The number of hydrogen-bond donors (Lipinski definition) is 1. The maximum Gasteiger partial charge on any atom is 0.322 e. The Labute approximate surface area is 182 Å². The first-order valence-electron chi connectivity index (χ1n) is 10.6. The highest BCUT2D eigenvalue weighted by Crippen LogP contribution is 2.42. The lowest BCUT2D eigenvalue weighted by atomic mass is 9.89. The quantitative estimate of drug-likeness (QED) is 0.648. The molecule has 1 saturated carbocycles. The van der Waals surface area contributed by atoms with Crippen LogP contribution in [0.15, 0.2) is 41.3 Å². The van der Waals surface area contributed by atoms with E-state index in [1.807, 2.05) is 12.1 Å². The van der Waals surface area contributed by atoms with Gasteiger partial charge in [-0.25, -0.2) is 8.42 Å². The van der Waals surface area contributed by atoms with Gasteiger partial charge in [0.05, 0.1) is 11.4 Å². The van der Waals surface area contributed by atoms with Gasteiger partial charge in [0.15, 0.2) is 0 Å². The average Bonchev–Trinajstić information content (AvgIpc) is 3.27. The molecule has 0 saturated heterocycles. The zero-order chi connectivity index (χ0) is 21.3. The van der Waals surface area contributed by atoms with Crippen molar-refractivity contribution in [2.45, 2.75) is 62.9 Å². The van der Waals surface area contributed by atoms with Crippen LogP contribution in [0.3, 0.4) is 0 Å². The number of allylic oxidation sites excluding steroid dienone is 1. The molecule has 0 spiro atoms. The number of carboxylic acid groups (broad SMARTS) is 1. The summed E-state index contributed by atoms with van der Waals surface area (Å²) in [6.45, 7) is 1.83. The number of rotatable bonds is 6. The number of thiophene rings is 1. The van der Waals surface area contributed by atoms with E-state index in [1.165, 1.54) is 43.4 Å². The predicted octanol–water partition coefficient (Wildman–Crippen LogP) is 5.38. The first-order valence-corrected chi connectivity index (χ1v) is 12.8. The number of fused-ring (bicyclic) bond motifs is 1. The predicted molar refractivity (Wildman–Crippen MR) is 120 cm³/mol. The summed E-state index contributed by atoms with van der Waals surface area (Å²) in [5.74, 6) is -0.419. The number of sulfonamides is 1. The molecule has 5 nitrogen and oxygen atoms in total. The van der Waals surface area contributed by atoms with Gasteiger partial charge in [0.1, 0.15) is 6.04 Å². The molecule has 7 heteroatoms. The Morgan fingerprint density at radius 1 is 1.23 bits per heavy atom. The van der Waals surface area contributed by atoms with E-state index in [1.54, 1.807) is 13.0 Å².